The van der Waals surface area contributed by atoms with Crippen LogP contribution in [0.3, 0.4) is 0 Å². The first-order chi connectivity index (χ1) is 22.0. The monoisotopic (exact) mass is 615 g/mol. The molecule has 0 radical (unpaired) electrons. The second kappa shape index (κ2) is 13.6. The van der Waals surface area contributed by atoms with E-state index in [1.54, 1.807) is 49.4 Å². The quantitative estimate of drug-likeness (QED) is 0.164. The smallest absolute Gasteiger partial charge is 0.154 e. The predicted octanol–water partition coefficient (Wildman–Crippen LogP) is 6.64. The maximum Gasteiger partial charge on any atom is 0.154 e. The van der Waals surface area contributed by atoms with E-state index in [-0.39, 0.29) is 0 Å². The van der Waals surface area contributed by atoms with Crippen molar-refractivity contribution in [2.45, 2.75) is 19.8 Å². The Morgan fingerprint density at radius 1 is 0.556 bits per heavy atom. The second-order valence-corrected chi connectivity index (χ2v) is 10.4. The standard InChI is InChI=1S/C19H18N8.C12H8ClN5/c1-12(2)13-5-19(27-23-7-13)26-18-4-3-16-17(25-18)6-14(10-22-16)24-15-8-20-11-21-9-15;13-12-2-1-10-11(18-12)3-8(6-16-10)17-9-4-14-7-15-5-9/h3-12,24H,1-2H3,(H,25,26,27);1-7,17H. The number of pyridine rings is 4. The van der Waals surface area contributed by atoms with E-state index in [0.29, 0.717) is 22.7 Å². The number of hydrogen-bond acceptors (Lipinski definition) is 13. The first kappa shape index (κ1) is 29.1. The molecule has 45 heavy (non-hydrogen) atoms. The molecule has 7 aromatic rings. The molecule has 0 bridgehead atoms. The van der Waals surface area contributed by atoms with Gasteiger partial charge in [0.2, 0.25) is 0 Å². The van der Waals surface area contributed by atoms with E-state index in [2.05, 4.69) is 79.9 Å². The summed E-state index contributed by atoms with van der Waals surface area (Å²) in [5.74, 6) is 1.72. The van der Waals surface area contributed by atoms with Crippen molar-refractivity contribution in [2.24, 2.45) is 0 Å². The maximum atomic E-state index is 5.85. The number of hydrogen-bond donors (Lipinski definition) is 3. The van der Waals surface area contributed by atoms with Gasteiger partial charge in [-0.1, -0.05) is 25.4 Å². The van der Waals surface area contributed by atoms with Crippen LogP contribution in [0, 0.1) is 0 Å². The second-order valence-electron chi connectivity index (χ2n) is 10.0. The molecule has 0 atom stereocenters. The summed E-state index contributed by atoms with van der Waals surface area (Å²) in [5.41, 5.74) is 7.42. The zero-order valence-electron chi connectivity index (χ0n) is 24.2. The normalized spacial score (nSPS) is 10.8. The third-order valence-electron chi connectivity index (χ3n) is 6.34. The van der Waals surface area contributed by atoms with E-state index in [4.69, 9.17) is 11.6 Å². The molecule has 0 saturated heterocycles. The molecule has 14 heteroatoms. The highest BCUT2D eigenvalue weighted by Crippen LogP contribution is 2.23. The molecule has 0 unspecified atom stereocenters. The lowest BCUT2D eigenvalue weighted by atomic mass is 10.1. The fourth-order valence-corrected chi connectivity index (χ4v) is 4.30. The van der Waals surface area contributed by atoms with Crippen molar-refractivity contribution >= 4 is 68.1 Å². The minimum Gasteiger partial charge on any atom is -0.352 e. The Morgan fingerprint density at radius 2 is 1.13 bits per heavy atom. The average molecular weight is 616 g/mol. The molecule has 7 rings (SSSR count). The summed E-state index contributed by atoms with van der Waals surface area (Å²) in [6.45, 7) is 4.24. The molecular formula is C31H26ClN13. The molecule has 13 nitrogen and oxygen atoms in total. The van der Waals surface area contributed by atoms with Gasteiger partial charge in [0.1, 0.15) is 23.6 Å². The van der Waals surface area contributed by atoms with E-state index in [1.165, 1.54) is 12.7 Å². The van der Waals surface area contributed by atoms with Crippen LogP contribution in [-0.4, -0.2) is 50.1 Å². The van der Waals surface area contributed by atoms with Crippen LogP contribution in [0.1, 0.15) is 25.3 Å². The summed E-state index contributed by atoms with van der Waals surface area (Å²) in [6.07, 6.45) is 15.0. The number of anilines is 6. The van der Waals surface area contributed by atoms with Gasteiger partial charge in [-0.05, 0) is 53.9 Å². The lowest BCUT2D eigenvalue weighted by Gasteiger charge is -2.09. The van der Waals surface area contributed by atoms with Crippen LogP contribution >= 0.6 is 11.6 Å². The van der Waals surface area contributed by atoms with Gasteiger partial charge in [-0.3, -0.25) is 9.97 Å². The number of nitrogens with one attached hydrogen (secondary N) is 3. The van der Waals surface area contributed by atoms with Crippen LogP contribution in [0.2, 0.25) is 5.15 Å². The number of fused-ring (bicyclic) bond motifs is 2. The highest BCUT2D eigenvalue weighted by atomic mass is 35.5. The van der Waals surface area contributed by atoms with Crippen LogP contribution in [0.25, 0.3) is 22.1 Å². The van der Waals surface area contributed by atoms with Gasteiger partial charge < -0.3 is 16.0 Å². The van der Waals surface area contributed by atoms with Crippen molar-refractivity contribution in [3.8, 4) is 0 Å². The lowest BCUT2D eigenvalue weighted by Crippen LogP contribution is -2.00. The maximum absolute atomic E-state index is 5.85. The van der Waals surface area contributed by atoms with Crippen LogP contribution in [0.4, 0.5) is 34.4 Å². The summed E-state index contributed by atoms with van der Waals surface area (Å²) >= 11 is 5.85. The van der Waals surface area contributed by atoms with Crippen molar-refractivity contribution in [1.29, 1.82) is 0 Å². The van der Waals surface area contributed by atoms with E-state index in [9.17, 15) is 0 Å². The Bertz CT molecular complexity index is 2040. The molecule has 0 aliphatic carbocycles. The Labute approximate surface area is 262 Å². The molecule has 0 aliphatic rings. The lowest BCUT2D eigenvalue weighted by molar-refractivity contribution is 0.843. The third kappa shape index (κ3) is 7.72. The van der Waals surface area contributed by atoms with Gasteiger partial charge in [-0.2, -0.15) is 5.10 Å². The first-order valence-corrected chi connectivity index (χ1v) is 14.2. The molecule has 0 spiro atoms. The van der Waals surface area contributed by atoms with Gasteiger partial charge in [-0.15, -0.1) is 5.10 Å². The van der Waals surface area contributed by atoms with Crippen LogP contribution in [0.5, 0.6) is 0 Å². The highest BCUT2D eigenvalue weighted by Gasteiger charge is 2.06. The fraction of sp³-hybridized carbons (Fsp3) is 0.0968. The largest absolute Gasteiger partial charge is 0.352 e. The van der Waals surface area contributed by atoms with Crippen molar-refractivity contribution in [1.82, 2.24) is 50.1 Å². The van der Waals surface area contributed by atoms with Gasteiger partial charge in [0, 0.05) is 0 Å². The van der Waals surface area contributed by atoms with Gasteiger partial charge in [0.05, 0.1) is 88.2 Å². The van der Waals surface area contributed by atoms with Gasteiger partial charge >= 0.3 is 0 Å². The molecule has 0 aromatic carbocycles. The van der Waals surface area contributed by atoms with Gasteiger partial charge in [0.25, 0.3) is 0 Å². The highest BCUT2D eigenvalue weighted by molar-refractivity contribution is 6.29. The first-order valence-electron chi connectivity index (χ1n) is 13.8. The minimum atomic E-state index is 0.380. The summed E-state index contributed by atoms with van der Waals surface area (Å²) in [4.78, 5) is 33.4. The van der Waals surface area contributed by atoms with E-state index < -0.39 is 0 Å². The van der Waals surface area contributed by atoms with E-state index in [1.807, 2.05) is 36.4 Å². The molecule has 0 fully saturated rings. The predicted molar refractivity (Wildman–Crippen MR) is 174 cm³/mol. The van der Waals surface area contributed by atoms with Crippen molar-refractivity contribution < 1.29 is 0 Å². The molecule has 3 N–H and O–H groups in total. The Balaban J connectivity index is 0.000000172. The number of nitrogens with zero attached hydrogens (tertiary/aromatic N) is 10. The fourth-order valence-electron chi connectivity index (χ4n) is 4.15. The zero-order chi connectivity index (χ0) is 31.0. The number of rotatable bonds is 7. The Hall–Kier alpha value is -5.95. The van der Waals surface area contributed by atoms with Crippen molar-refractivity contribution in [2.75, 3.05) is 16.0 Å². The Morgan fingerprint density at radius 3 is 1.73 bits per heavy atom. The molecule has 7 heterocycles. The Kier molecular flexibility index (Phi) is 8.78. The zero-order valence-corrected chi connectivity index (χ0v) is 24.9. The summed E-state index contributed by atoms with van der Waals surface area (Å²) in [7, 11) is 0. The molecule has 0 amide bonds. The summed E-state index contributed by atoms with van der Waals surface area (Å²) in [5, 5.41) is 18.2. The number of aromatic nitrogens is 10. The van der Waals surface area contributed by atoms with Crippen LogP contribution in [-0.2, 0) is 0 Å². The molecule has 0 aliphatic heterocycles. The molecule has 222 valence electrons. The average Bonchev–Trinajstić information content (AvgIpc) is 3.06. The number of halogens is 1. The third-order valence-corrected chi connectivity index (χ3v) is 6.55. The van der Waals surface area contributed by atoms with Gasteiger partial charge in [0.15, 0.2) is 5.82 Å². The van der Waals surface area contributed by atoms with Crippen LogP contribution < -0.4 is 16.0 Å². The van der Waals surface area contributed by atoms with E-state index in [0.717, 1.165) is 50.4 Å². The topological polar surface area (TPSA) is 165 Å². The molecule has 0 saturated carbocycles. The van der Waals surface area contributed by atoms with Crippen LogP contribution in [0.15, 0.2) is 98.5 Å². The van der Waals surface area contributed by atoms with Crippen molar-refractivity contribution in [3.05, 3.63) is 109 Å². The summed E-state index contributed by atoms with van der Waals surface area (Å²) in [6, 6.07) is 13.1. The molecular weight excluding hydrogens is 590 g/mol. The summed E-state index contributed by atoms with van der Waals surface area (Å²) < 4.78 is 0. The minimum absolute atomic E-state index is 0.380. The SMILES string of the molecule is CC(C)c1cnnc(Nc2ccc3ncc(Nc4cncnc4)cc3n2)c1.Clc1ccc2ncc(Nc3cncnc3)cc2n1. The molecule has 7 aromatic heterocycles. The van der Waals surface area contributed by atoms with E-state index >= 15 is 0 Å². The van der Waals surface area contributed by atoms with Crippen molar-refractivity contribution in [3.63, 3.8) is 0 Å². The van der Waals surface area contributed by atoms with Gasteiger partial charge in [-0.25, -0.2) is 29.9 Å².